The van der Waals surface area contributed by atoms with Gasteiger partial charge in [0.15, 0.2) is 0 Å². The van der Waals surface area contributed by atoms with E-state index in [1.807, 2.05) is 0 Å². The van der Waals surface area contributed by atoms with E-state index in [0.29, 0.717) is 0 Å². The maximum absolute atomic E-state index is 12.1. The summed E-state index contributed by atoms with van der Waals surface area (Å²) in [6.07, 6.45) is 1.23. The second kappa shape index (κ2) is 5.19. The summed E-state index contributed by atoms with van der Waals surface area (Å²) in [5.41, 5.74) is -0.501. The summed E-state index contributed by atoms with van der Waals surface area (Å²) in [6, 6.07) is 2.46. The molecular weight excluding hydrogens is 246 g/mol. The van der Waals surface area contributed by atoms with E-state index in [-0.39, 0.29) is 13.1 Å². The van der Waals surface area contributed by atoms with Gasteiger partial charge in [-0.1, -0.05) is 13.8 Å². The van der Waals surface area contributed by atoms with Crippen LogP contribution in [0.5, 0.6) is 0 Å². The van der Waals surface area contributed by atoms with Gasteiger partial charge in [0.2, 0.25) is 5.03 Å². The van der Waals surface area contributed by atoms with Crippen LogP contribution in [0.4, 0.5) is 5.69 Å². The van der Waals surface area contributed by atoms with Gasteiger partial charge in [-0.25, -0.2) is 13.4 Å². The molecule has 0 radical (unpaired) electrons. The molecule has 0 amide bonds. The molecule has 0 bridgehead atoms. The van der Waals surface area contributed by atoms with Gasteiger partial charge in [-0.05, 0) is 6.07 Å². The lowest BCUT2D eigenvalue weighted by molar-refractivity contribution is -0.388. The molecule has 1 aromatic heterocycles. The Labute approximate surface area is 99.3 Å². The molecule has 1 rings (SSSR count). The predicted molar refractivity (Wildman–Crippen MR) is 61.0 cm³/mol. The van der Waals surface area contributed by atoms with Crippen LogP contribution < -0.4 is 0 Å². The van der Waals surface area contributed by atoms with E-state index >= 15 is 0 Å². The van der Waals surface area contributed by atoms with E-state index in [1.54, 1.807) is 13.8 Å². The van der Waals surface area contributed by atoms with Crippen LogP contribution >= 0.6 is 0 Å². The maximum Gasteiger partial charge on any atom is 0.308 e. The molecule has 8 heteroatoms. The van der Waals surface area contributed by atoms with Crippen molar-refractivity contribution in [2.24, 2.45) is 0 Å². The average molecular weight is 259 g/mol. The molecule has 7 nitrogen and oxygen atoms in total. The minimum Gasteiger partial charge on any atom is -0.258 e. The summed E-state index contributed by atoms with van der Waals surface area (Å²) in [7, 11) is -3.90. The number of sulfonamides is 1. The van der Waals surface area contributed by atoms with Crippen molar-refractivity contribution in [2.75, 3.05) is 13.1 Å². The van der Waals surface area contributed by atoms with Crippen molar-refractivity contribution in [2.45, 2.75) is 18.9 Å². The SMILES string of the molecule is CCN(CC)S(=O)(=O)c1ncccc1[N+](=O)[O-]. The van der Waals surface area contributed by atoms with E-state index < -0.39 is 25.7 Å². The van der Waals surface area contributed by atoms with Gasteiger partial charge in [0, 0.05) is 25.4 Å². The quantitative estimate of drug-likeness (QED) is 0.581. The van der Waals surface area contributed by atoms with E-state index in [9.17, 15) is 18.5 Å². The number of aromatic nitrogens is 1. The summed E-state index contributed by atoms with van der Waals surface area (Å²) in [6.45, 7) is 3.81. The second-order valence-corrected chi connectivity index (χ2v) is 5.03. The van der Waals surface area contributed by atoms with Gasteiger partial charge in [0.1, 0.15) is 0 Å². The molecule has 0 N–H and O–H groups in total. The Bertz CT molecular complexity index is 511. The summed E-state index contributed by atoms with van der Waals surface area (Å²) in [5.74, 6) is 0. The highest BCUT2D eigenvalue weighted by atomic mass is 32.2. The van der Waals surface area contributed by atoms with Crippen LogP contribution in [0, 0.1) is 10.1 Å². The van der Waals surface area contributed by atoms with Gasteiger partial charge in [-0.3, -0.25) is 10.1 Å². The Morgan fingerprint density at radius 2 is 2.00 bits per heavy atom. The lowest BCUT2D eigenvalue weighted by atomic mass is 10.4. The van der Waals surface area contributed by atoms with Crippen molar-refractivity contribution in [3.05, 3.63) is 28.4 Å². The van der Waals surface area contributed by atoms with E-state index in [4.69, 9.17) is 0 Å². The lowest BCUT2D eigenvalue weighted by Gasteiger charge is -2.17. The molecular formula is C9H13N3O4S. The standard InChI is InChI=1S/C9H13N3O4S/c1-3-11(4-2)17(15,16)9-8(12(13)14)6-5-7-10-9/h5-7H,3-4H2,1-2H3. The summed E-state index contributed by atoms with van der Waals surface area (Å²) in [4.78, 5) is 13.6. The number of nitro groups is 1. The predicted octanol–water partition coefficient (Wildman–Crippen LogP) is 1.02. The molecule has 0 saturated carbocycles. The monoisotopic (exact) mass is 259 g/mol. The topological polar surface area (TPSA) is 93.4 Å². The summed E-state index contributed by atoms with van der Waals surface area (Å²) < 4.78 is 25.3. The van der Waals surface area contributed by atoms with Crippen LogP contribution in [0.1, 0.15) is 13.8 Å². The number of nitrogens with zero attached hydrogens (tertiary/aromatic N) is 3. The van der Waals surface area contributed by atoms with Crippen LogP contribution in [-0.4, -0.2) is 35.7 Å². The molecule has 0 aliphatic rings. The molecule has 1 aromatic rings. The molecule has 0 aliphatic carbocycles. The number of rotatable bonds is 5. The third-order valence-electron chi connectivity index (χ3n) is 2.24. The van der Waals surface area contributed by atoms with Crippen molar-refractivity contribution in [1.29, 1.82) is 0 Å². The van der Waals surface area contributed by atoms with Crippen LogP contribution in [0.3, 0.4) is 0 Å². The second-order valence-electron chi connectivity index (χ2n) is 3.17. The van der Waals surface area contributed by atoms with Crippen molar-refractivity contribution >= 4 is 15.7 Å². The van der Waals surface area contributed by atoms with Gasteiger partial charge >= 0.3 is 5.69 Å². The third-order valence-corrected chi connectivity index (χ3v) is 4.24. The van der Waals surface area contributed by atoms with Crippen molar-refractivity contribution < 1.29 is 13.3 Å². The molecule has 0 saturated heterocycles. The van der Waals surface area contributed by atoms with Gasteiger partial charge in [0.25, 0.3) is 10.0 Å². The first kappa shape index (κ1) is 13.5. The van der Waals surface area contributed by atoms with Crippen LogP contribution in [0.15, 0.2) is 23.4 Å². The Morgan fingerprint density at radius 3 is 2.47 bits per heavy atom. The van der Waals surface area contributed by atoms with Gasteiger partial charge in [-0.2, -0.15) is 4.31 Å². The smallest absolute Gasteiger partial charge is 0.258 e. The van der Waals surface area contributed by atoms with Crippen molar-refractivity contribution in [3.8, 4) is 0 Å². The molecule has 0 fully saturated rings. The van der Waals surface area contributed by atoms with Crippen LogP contribution in [0.2, 0.25) is 0 Å². The Morgan fingerprint density at radius 1 is 1.41 bits per heavy atom. The molecule has 0 atom stereocenters. The largest absolute Gasteiger partial charge is 0.308 e. The highest BCUT2D eigenvalue weighted by Crippen LogP contribution is 2.23. The zero-order valence-corrected chi connectivity index (χ0v) is 10.3. The molecule has 0 spiro atoms. The number of pyridine rings is 1. The first-order chi connectivity index (χ1) is 7.95. The van der Waals surface area contributed by atoms with Gasteiger partial charge < -0.3 is 0 Å². The molecule has 0 unspecified atom stereocenters. The minimum absolute atomic E-state index is 0.243. The van der Waals surface area contributed by atoms with Crippen molar-refractivity contribution in [1.82, 2.24) is 9.29 Å². The highest BCUT2D eigenvalue weighted by molar-refractivity contribution is 7.89. The lowest BCUT2D eigenvalue weighted by Crippen LogP contribution is -2.31. The third kappa shape index (κ3) is 2.59. The molecule has 1 heterocycles. The zero-order chi connectivity index (χ0) is 13.1. The number of hydrogen-bond donors (Lipinski definition) is 0. The summed E-state index contributed by atoms with van der Waals surface area (Å²) >= 11 is 0. The molecule has 0 aliphatic heterocycles. The van der Waals surface area contributed by atoms with Gasteiger partial charge in [-0.15, -0.1) is 0 Å². The van der Waals surface area contributed by atoms with Crippen LogP contribution in [0.25, 0.3) is 0 Å². The van der Waals surface area contributed by atoms with E-state index in [1.165, 1.54) is 12.3 Å². The van der Waals surface area contributed by atoms with Crippen LogP contribution in [-0.2, 0) is 10.0 Å². The van der Waals surface area contributed by atoms with E-state index in [0.717, 1.165) is 10.4 Å². The normalized spacial score (nSPS) is 11.7. The first-order valence-electron chi connectivity index (χ1n) is 5.04. The van der Waals surface area contributed by atoms with Gasteiger partial charge in [0.05, 0.1) is 4.92 Å². The zero-order valence-electron chi connectivity index (χ0n) is 9.53. The molecule has 94 valence electrons. The highest BCUT2D eigenvalue weighted by Gasteiger charge is 2.31. The fraction of sp³-hybridized carbons (Fsp3) is 0.444. The molecule has 0 aromatic carbocycles. The fourth-order valence-corrected chi connectivity index (χ4v) is 2.93. The molecule has 17 heavy (non-hydrogen) atoms. The average Bonchev–Trinajstić information content (AvgIpc) is 2.30. The number of hydrogen-bond acceptors (Lipinski definition) is 5. The Hall–Kier alpha value is -1.54. The maximum atomic E-state index is 12.1. The Balaban J connectivity index is 3.38. The minimum atomic E-state index is -3.90. The van der Waals surface area contributed by atoms with E-state index in [2.05, 4.69) is 4.98 Å². The van der Waals surface area contributed by atoms with Crippen molar-refractivity contribution in [3.63, 3.8) is 0 Å². The summed E-state index contributed by atoms with van der Waals surface area (Å²) in [5, 5.41) is 10.2. The Kier molecular flexibility index (Phi) is 4.13. The fourth-order valence-electron chi connectivity index (χ4n) is 1.41. The first-order valence-corrected chi connectivity index (χ1v) is 6.48.